The molecule has 0 aliphatic rings. The van der Waals surface area contributed by atoms with Crippen LogP contribution in [-0.4, -0.2) is 39.6 Å². The van der Waals surface area contributed by atoms with Crippen LogP contribution in [0.5, 0.6) is 0 Å². The number of carbonyl (C=O) groups is 2. The number of nitrogens with one attached hydrogen (secondary N) is 2. The number of aliphatic carboxylic acids is 1. The van der Waals surface area contributed by atoms with Gasteiger partial charge in [-0.1, -0.05) is 11.3 Å². The van der Waals surface area contributed by atoms with Gasteiger partial charge in [0.05, 0.1) is 6.54 Å². The molecule has 1 heterocycles. The zero-order valence-corrected chi connectivity index (χ0v) is 12.3. The third-order valence-corrected chi connectivity index (χ3v) is 3.39. The Hall–Kier alpha value is -1.83. The summed E-state index contributed by atoms with van der Waals surface area (Å²) in [6, 6.07) is -0.289. The van der Waals surface area contributed by atoms with E-state index in [9.17, 15) is 14.4 Å². The van der Waals surface area contributed by atoms with E-state index in [0.29, 0.717) is 18.7 Å². The molecule has 0 bridgehead atoms. The maximum absolute atomic E-state index is 12.0. The zero-order valence-electron chi connectivity index (χ0n) is 11.5. The molecule has 2 amide bonds. The summed E-state index contributed by atoms with van der Waals surface area (Å²) < 4.78 is 0. The predicted octanol–water partition coefficient (Wildman–Crippen LogP) is 1.22. The fraction of sp³-hybridized carbons (Fsp3) is 0.583. The molecule has 112 valence electrons. The molecule has 20 heavy (non-hydrogen) atoms. The fourth-order valence-corrected chi connectivity index (χ4v) is 2.25. The lowest BCUT2D eigenvalue weighted by Crippen LogP contribution is -2.44. The SMILES string of the molecule is CC(C)N(CCCC(=O)O)C(=O)NCc1csc(=O)[nH]1. The minimum atomic E-state index is -0.870. The van der Waals surface area contributed by atoms with E-state index in [1.165, 1.54) is 0 Å². The summed E-state index contributed by atoms with van der Waals surface area (Å²) in [6.45, 7) is 4.37. The van der Waals surface area contributed by atoms with Crippen molar-refractivity contribution in [3.63, 3.8) is 0 Å². The van der Waals surface area contributed by atoms with Crippen molar-refractivity contribution in [1.82, 2.24) is 15.2 Å². The second-order valence-electron chi connectivity index (χ2n) is 4.62. The minimum absolute atomic E-state index is 0.0229. The third kappa shape index (κ3) is 5.43. The molecule has 1 rings (SSSR count). The van der Waals surface area contributed by atoms with Crippen LogP contribution >= 0.6 is 11.3 Å². The van der Waals surface area contributed by atoms with Gasteiger partial charge in [0.25, 0.3) is 0 Å². The Balaban J connectivity index is 2.47. The molecule has 7 nitrogen and oxygen atoms in total. The summed E-state index contributed by atoms with van der Waals surface area (Å²) in [5, 5.41) is 13.0. The van der Waals surface area contributed by atoms with Crippen molar-refractivity contribution in [2.45, 2.75) is 39.3 Å². The summed E-state index contributed by atoms with van der Waals surface area (Å²) >= 11 is 1.05. The number of urea groups is 1. The van der Waals surface area contributed by atoms with Gasteiger partial charge in [0.1, 0.15) is 0 Å². The molecule has 0 aromatic carbocycles. The molecule has 0 aliphatic heterocycles. The largest absolute Gasteiger partial charge is 0.481 e. The van der Waals surface area contributed by atoms with Gasteiger partial charge in [-0.15, -0.1) is 0 Å². The van der Waals surface area contributed by atoms with Gasteiger partial charge in [-0.05, 0) is 20.3 Å². The smallest absolute Gasteiger partial charge is 0.317 e. The van der Waals surface area contributed by atoms with Crippen LogP contribution in [0.15, 0.2) is 10.2 Å². The first-order chi connectivity index (χ1) is 9.40. The van der Waals surface area contributed by atoms with Crippen LogP contribution in [0.1, 0.15) is 32.4 Å². The number of hydrogen-bond donors (Lipinski definition) is 3. The standard InChI is InChI=1S/C12H19N3O4S/c1-8(2)15(5-3-4-10(16)17)11(18)13-6-9-7-20-12(19)14-9/h7-8H,3-6H2,1-2H3,(H,13,18)(H,14,19)(H,16,17). The van der Waals surface area contributed by atoms with E-state index in [1.807, 2.05) is 13.8 Å². The Bertz CT molecular complexity index is 509. The van der Waals surface area contributed by atoms with Gasteiger partial charge in [0.2, 0.25) is 0 Å². The van der Waals surface area contributed by atoms with Gasteiger partial charge < -0.3 is 20.3 Å². The molecule has 8 heteroatoms. The van der Waals surface area contributed by atoms with E-state index in [4.69, 9.17) is 5.11 Å². The molecular weight excluding hydrogens is 282 g/mol. The van der Waals surface area contributed by atoms with Crippen LogP contribution in [-0.2, 0) is 11.3 Å². The van der Waals surface area contributed by atoms with Gasteiger partial charge in [0, 0.05) is 30.1 Å². The van der Waals surface area contributed by atoms with E-state index in [0.717, 1.165) is 11.3 Å². The molecule has 0 atom stereocenters. The van der Waals surface area contributed by atoms with Crippen molar-refractivity contribution >= 4 is 23.3 Å². The average Bonchev–Trinajstić information content (AvgIpc) is 2.77. The lowest BCUT2D eigenvalue weighted by Gasteiger charge is -2.26. The molecule has 0 fully saturated rings. The van der Waals surface area contributed by atoms with Gasteiger partial charge in [-0.2, -0.15) is 0 Å². The number of aromatic amines is 1. The zero-order chi connectivity index (χ0) is 15.1. The van der Waals surface area contributed by atoms with E-state index in [2.05, 4.69) is 10.3 Å². The first kappa shape index (κ1) is 16.2. The van der Waals surface area contributed by atoms with E-state index in [1.54, 1.807) is 10.3 Å². The van der Waals surface area contributed by atoms with Crippen LogP contribution in [0.4, 0.5) is 4.79 Å². The number of hydrogen-bond acceptors (Lipinski definition) is 4. The van der Waals surface area contributed by atoms with Gasteiger partial charge in [0.15, 0.2) is 0 Å². The Morgan fingerprint density at radius 1 is 1.50 bits per heavy atom. The minimum Gasteiger partial charge on any atom is -0.481 e. The van der Waals surface area contributed by atoms with E-state index in [-0.39, 0.29) is 29.9 Å². The first-order valence-corrected chi connectivity index (χ1v) is 7.21. The first-order valence-electron chi connectivity index (χ1n) is 6.33. The van der Waals surface area contributed by atoms with Crippen molar-refractivity contribution in [1.29, 1.82) is 0 Å². The van der Waals surface area contributed by atoms with Crippen molar-refractivity contribution in [2.24, 2.45) is 0 Å². The number of H-pyrrole nitrogens is 1. The van der Waals surface area contributed by atoms with Gasteiger partial charge in [-0.3, -0.25) is 9.59 Å². The number of thiazole rings is 1. The highest BCUT2D eigenvalue weighted by Gasteiger charge is 2.16. The predicted molar refractivity (Wildman–Crippen MR) is 75.9 cm³/mol. The highest BCUT2D eigenvalue weighted by molar-refractivity contribution is 7.07. The quantitative estimate of drug-likeness (QED) is 0.704. The monoisotopic (exact) mass is 301 g/mol. The number of rotatable bonds is 7. The van der Waals surface area contributed by atoms with Crippen molar-refractivity contribution < 1.29 is 14.7 Å². The third-order valence-electron chi connectivity index (χ3n) is 2.67. The molecule has 0 saturated heterocycles. The van der Waals surface area contributed by atoms with Crippen LogP contribution in [0, 0.1) is 0 Å². The maximum Gasteiger partial charge on any atom is 0.317 e. The van der Waals surface area contributed by atoms with Crippen molar-refractivity contribution in [3.8, 4) is 0 Å². The van der Waals surface area contributed by atoms with Gasteiger partial charge >= 0.3 is 16.9 Å². The number of carboxylic acid groups (broad SMARTS) is 1. The van der Waals surface area contributed by atoms with Crippen LogP contribution in [0.25, 0.3) is 0 Å². The lowest BCUT2D eigenvalue weighted by atomic mass is 10.2. The Morgan fingerprint density at radius 2 is 2.20 bits per heavy atom. The highest BCUT2D eigenvalue weighted by Crippen LogP contribution is 2.03. The van der Waals surface area contributed by atoms with E-state index < -0.39 is 5.97 Å². The van der Waals surface area contributed by atoms with Crippen LogP contribution < -0.4 is 10.2 Å². The number of aromatic nitrogens is 1. The molecule has 3 N–H and O–H groups in total. The summed E-state index contributed by atoms with van der Waals surface area (Å²) in [6.07, 6.45) is 0.449. The van der Waals surface area contributed by atoms with Crippen molar-refractivity contribution in [3.05, 3.63) is 20.7 Å². The highest BCUT2D eigenvalue weighted by atomic mass is 32.1. The normalized spacial score (nSPS) is 10.6. The number of amides is 2. The molecule has 1 aromatic heterocycles. The molecule has 0 saturated carbocycles. The molecule has 0 unspecified atom stereocenters. The van der Waals surface area contributed by atoms with Crippen LogP contribution in [0.3, 0.4) is 0 Å². The summed E-state index contributed by atoms with van der Waals surface area (Å²) in [5.74, 6) is -0.870. The summed E-state index contributed by atoms with van der Waals surface area (Å²) in [5.41, 5.74) is 0.655. The summed E-state index contributed by atoms with van der Waals surface area (Å²) in [4.78, 5) is 37.5. The van der Waals surface area contributed by atoms with Crippen LogP contribution in [0.2, 0.25) is 0 Å². The molecule has 0 aliphatic carbocycles. The lowest BCUT2D eigenvalue weighted by molar-refractivity contribution is -0.137. The van der Waals surface area contributed by atoms with E-state index >= 15 is 0 Å². The second kappa shape index (κ2) is 7.68. The summed E-state index contributed by atoms with van der Waals surface area (Å²) in [7, 11) is 0. The topological polar surface area (TPSA) is 102 Å². The van der Waals surface area contributed by atoms with Crippen molar-refractivity contribution in [2.75, 3.05) is 6.54 Å². The average molecular weight is 301 g/mol. The number of nitrogens with zero attached hydrogens (tertiary/aromatic N) is 1. The fourth-order valence-electron chi connectivity index (χ4n) is 1.67. The Labute approximate surface area is 120 Å². The Kier molecular flexibility index (Phi) is 6.23. The molecule has 0 radical (unpaired) electrons. The maximum atomic E-state index is 12.0. The second-order valence-corrected chi connectivity index (χ2v) is 5.46. The molecule has 0 spiro atoms. The Morgan fingerprint density at radius 3 is 2.70 bits per heavy atom. The van der Waals surface area contributed by atoms with Gasteiger partial charge in [-0.25, -0.2) is 4.79 Å². The number of carbonyl (C=O) groups excluding carboxylic acids is 1. The number of carboxylic acids is 1. The molecular formula is C12H19N3O4S. The molecule has 1 aromatic rings.